The topological polar surface area (TPSA) is 60.8 Å². The number of halogens is 1. The minimum atomic E-state index is -0.369. The number of rotatable bonds is 8. The molecule has 19 heavy (non-hydrogen) atoms. The van der Waals surface area contributed by atoms with Crippen molar-refractivity contribution in [2.75, 3.05) is 32.8 Å². The minimum Gasteiger partial charge on any atom is -0.395 e. The molecule has 0 radical (unpaired) electrons. The minimum absolute atomic E-state index is 0.0164. The molecule has 0 aliphatic rings. The van der Waals surface area contributed by atoms with Gasteiger partial charge in [0.25, 0.3) is 0 Å². The monoisotopic (exact) mass is 269 g/mol. The Labute approximate surface area is 112 Å². The van der Waals surface area contributed by atoms with Crippen molar-refractivity contribution in [1.29, 1.82) is 0 Å². The molecule has 0 aromatic heterocycles. The number of benzene rings is 1. The molecule has 0 fully saturated rings. The van der Waals surface area contributed by atoms with E-state index in [4.69, 9.17) is 10.2 Å². The average Bonchev–Trinajstić information content (AvgIpc) is 2.39. The highest BCUT2D eigenvalue weighted by atomic mass is 19.1. The molecule has 1 rings (SSSR count). The van der Waals surface area contributed by atoms with Crippen molar-refractivity contribution in [2.24, 2.45) is 5.92 Å². The zero-order valence-corrected chi connectivity index (χ0v) is 11.1. The van der Waals surface area contributed by atoms with Crippen molar-refractivity contribution < 1.29 is 19.4 Å². The fraction of sp³-hybridized carbons (Fsp3) is 0.500. The van der Waals surface area contributed by atoms with Crippen molar-refractivity contribution in [1.82, 2.24) is 4.90 Å². The molecule has 0 saturated heterocycles. The van der Waals surface area contributed by atoms with Gasteiger partial charge in [-0.2, -0.15) is 0 Å². The molecule has 2 N–H and O–H groups in total. The highest BCUT2D eigenvalue weighted by Crippen LogP contribution is 2.11. The molecule has 0 saturated carbocycles. The molecule has 0 spiro atoms. The quantitative estimate of drug-likeness (QED) is 0.689. The number of ketones is 1. The van der Waals surface area contributed by atoms with Gasteiger partial charge in [0.2, 0.25) is 0 Å². The molecule has 1 aromatic carbocycles. The zero-order valence-electron chi connectivity index (χ0n) is 11.1. The van der Waals surface area contributed by atoms with Crippen molar-refractivity contribution in [3.8, 4) is 0 Å². The Morgan fingerprint density at radius 2 is 1.74 bits per heavy atom. The molecule has 0 aliphatic heterocycles. The van der Waals surface area contributed by atoms with Crippen molar-refractivity contribution in [2.45, 2.75) is 6.92 Å². The first-order chi connectivity index (χ1) is 9.08. The summed E-state index contributed by atoms with van der Waals surface area (Å²) in [7, 11) is 0. The van der Waals surface area contributed by atoms with Gasteiger partial charge in [0, 0.05) is 31.1 Å². The SMILES string of the molecule is CC(CN(CCO)CCO)C(=O)c1ccc(F)cc1. The van der Waals surface area contributed by atoms with E-state index in [-0.39, 0.29) is 30.7 Å². The predicted molar refractivity (Wildman–Crippen MR) is 70.5 cm³/mol. The number of nitrogens with zero attached hydrogens (tertiary/aromatic N) is 1. The lowest BCUT2D eigenvalue weighted by atomic mass is 9.99. The van der Waals surface area contributed by atoms with E-state index in [1.165, 1.54) is 24.3 Å². The molecule has 4 nitrogen and oxygen atoms in total. The second kappa shape index (κ2) is 7.99. The summed E-state index contributed by atoms with van der Waals surface area (Å²) in [5.41, 5.74) is 0.474. The van der Waals surface area contributed by atoms with E-state index in [0.29, 0.717) is 25.2 Å². The Morgan fingerprint density at radius 1 is 1.21 bits per heavy atom. The maximum atomic E-state index is 12.8. The molecule has 0 bridgehead atoms. The van der Waals surface area contributed by atoms with E-state index in [0.717, 1.165) is 0 Å². The number of hydrogen-bond acceptors (Lipinski definition) is 4. The van der Waals surface area contributed by atoms with Crippen LogP contribution in [-0.4, -0.2) is 53.7 Å². The maximum absolute atomic E-state index is 12.8. The Bertz CT molecular complexity index is 388. The van der Waals surface area contributed by atoms with Crippen molar-refractivity contribution in [3.63, 3.8) is 0 Å². The molecule has 1 aromatic rings. The van der Waals surface area contributed by atoms with Gasteiger partial charge in [-0.15, -0.1) is 0 Å². The fourth-order valence-corrected chi connectivity index (χ4v) is 1.95. The third-order valence-corrected chi connectivity index (χ3v) is 2.94. The summed E-state index contributed by atoms with van der Waals surface area (Å²) in [5.74, 6) is -0.712. The van der Waals surface area contributed by atoms with Gasteiger partial charge < -0.3 is 10.2 Å². The van der Waals surface area contributed by atoms with Gasteiger partial charge in [-0.3, -0.25) is 9.69 Å². The average molecular weight is 269 g/mol. The fourth-order valence-electron chi connectivity index (χ4n) is 1.95. The molecule has 5 heteroatoms. The first-order valence-corrected chi connectivity index (χ1v) is 6.32. The molecular weight excluding hydrogens is 249 g/mol. The predicted octanol–water partition coefficient (Wildman–Crippen LogP) is 0.931. The highest BCUT2D eigenvalue weighted by molar-refractivity contribution is 5.97. The van der Waals surface area contributed by atoms with E-state index >= 15 is 0 Å². The third-order valence-electron chi connectivity index (χ3n) is 2.94. The van der Waals surface area contributed by atoms with Crippen LogP contribution in [0.2, 0.25) is 0 Å². The van der Waals surface area contributed by atoms with Crippen LogP contribution in [0.25, 0.3) is 0 Å². The van der Waals surface area contributed by atoms with Gasteiger partial charge in [0.05, 0.1) is 13.2 Å². The lowest BCUT2D eigenvalue weighted by Gasteiger charge is -2.23. The van der Waals surface area contributed by atoms with E-state index in [1.807, 2.05) is 4.90 Å². The van der Waals surface area contributed by atoms with Gasteiger partial charge in [-0.25, -0.2) is 4.39 Å². The molecule has 0 aliphatic carbocycles. The standard InChI is InChI=1S/C14H20FNO3/c1-11(10-16(6-8-17)7-9-18)14(19)12-2-4-13(15)5-3-12/h2-5,11,17-18H,6-10H2,1H3. The first-order valence-electron chi connectivity index (χ1n) is 6.32. The summed E-state index contributed by atoms with van der Waals surface area (Å²) in [6, 6.07) is 5.46. The Hall–Kier alpha value is -1.30. The lowest BCUT2D eigenvalue weighted by molar-refractivity contribution is 0.0864. The second-order valence-electron chi connectivity index (χ2n) is 4.52. The van der Waals surface area contributed by atoms with Crippen LogP contribution in [0.5, 0.6) is 0 Å². The van der Waals surface area contributed by atoms with Crippen molar-refractivity contribution in [3.05, 3.63) is 35.6 Å². The third kappa shape index (κ3) is 5.06. The van der Waals surface area contributed by atoms with E-state index in [2.05, 4.69) is 0 Å². The van der Waals surface area contributed by atoms with Gasteiger partial charge in [0.15, 0.2) is 5.78 Å². The Morgan fingerprint density at radius 3 is 2.21 bits per heavy atom. The smallest absolute Gasteiger partial charge is 0.166 e. The normalized spacial score (nSPS) is 12.7. The number of carbonyl (C=O) groups is 1. The van der Waals surface area contributed by atoms with E-state index < -0.39 is 0 Å². The Balaban J connectivity index is 2.62. The summed E-state index contributed by atoms with van der Waals surface area (Å²) < 4.78 is 12.8. The van der Waals surface area contributed by atoms with Crippen LogP contribution in [0.4, 0.5) is 4.39 Å². The molecule has 1 atom stereocenters. The summed E-state index contributed by atoms with van der Waals surface area (Å²) in [6.07, 6.45) is 0. The second-order valence-corrected chi connectivity index (χ2v) is 4.52. The van der Waals surface area contributed by atoms with Crippen LogP contribution in [0.3, 0.4) is 0 Å². The van der Waals surface area contributed by atoms with Crippen LogP contribution in [0.15, 0.2) is 24.3 Å². The number of aliphatic hydroxyl groups excluding tert-OH is 2. The molecular formula is C14H20FNO3. The first kappa shape index (κ1) is 15.8. The lowest BCUT2D eigenvalue weighted by Crippen LogP contribution is -2.36. The molecule has 0 heterocycles. The van der Waals surface area contributed by atoms with Crippen LogP contribution < -0.4 is 0 Å². The highest BCUT2D eigenvalue weighted by Gasteiger charge is 2.18. The Kier molecular flexibility index (Phi) is 6.62. The maximum Gasteiger partial charge on any atom is 0.166 e. The summed E-state index contributed by atoms with van der Waals surface area (Å²) in [6.45, 7) is 3.04. The summed E-state index contributed by atoms with van der Waals surface area (Å²) in [4.78, 5) is 14.0. The van der Waals surface area contributed by atoms with E-state index in [1.54, 1.807) is 6.92 Å². The van der Waals surface area contributed by atoms with Crippen molar-refractivity contribution >= 4 is 5.78 Å². The van der Waals surface area contributed by atoms with Gasteiger partial charge in [0.1, 0.15) is 5.82 Å². The number of Topliss-reactive ketones (excluding diaryl/α,β-unsaturated/α-hetero) is 1. The zero-order chi connectivity index (χ0) is 14.3. The van der Waals surface area contributed by atoms with E-state index in [9.17, 15) is 9.18 Å². The molecule has 106 valence electrons. The number of carbonyl (C=O) groups excluding carboxylic acids is 1. The summed E-state index contributed by atoms with van der Waals surface area (Å²) >= 11 is 0. The largest absolute Gasteiger partial charge is 0.395 e. The van der Waals surface area contributed by atoms with Crippen LogP contribution in [-0.2, 0) is 0 Å². The molecule has 1 unspecified atom stereocenters. The van der Waals surface area contributed by atoms with Crippen LogP contribution >= 0.6 is 0 Å². The van der Waals surface area contributed by atoms with Gasteiger partial charge in [-0.1, -0.05) is 6.92 Å². The van der Waals surface area contributed by atoms with Crippen LogP contribution in [0, 0.1) is 11.7 Å². The number of hydrogen-bond donors (Lipinski definition) is 2. The molecule has 0 amide bonds. The van der Waals surface area contributed by atoms with Gasteiger partial charge >= 0.3 is 0 Å². The summed E-state index contributed by atoms with van der Waals surface area (Å²) in [5, 5.41) is 17.8. The van der Waals surface area contributed by atoms with Crippen LogP contribution in [0.1, 0.15) is 17.3 Å². The number of aliphatic hydroxyl groups is 2. The van der Waals surface area contributed by atoms with Gasteiger partial charge in [-0.05, 0) is 24.3 Å².